The Bertz CT molecular complexity index is 677. The molecule has 0 aliphatic heterocycles. The Morgan fingerprint density at radius 1 is 1.38 bits per heavy atom. The van der Waals surface area contributed by atoms with E-state index in [1.165, 1.54) is 19.2 Å². The molecule has 0 amide bonds. The monoisotopic (exact) mass is 378 g/mol. The number of ether oxygens (including phenoxy) is 1. The van der Waals surface area contributed by atoms with Gasteiger partial charge in [0.1, 0.15) is 0 Å². The molecular formula is C16H27ClN2O4S. The Morgan fingerprint density at radius 2 is 1.96 bits per heavy atom. The predicted octanol–water partition coefficient (Wildman–Crippen LogP) is 2.25. The van der Waals surface area contributed by atoms with Gasteiger partial charge in [-0.3, -0.25) is 0 Å². The van der Waals surface area contributed by atoms with Crippen LogP contribution in [0.4, 0.5) is 0 Å². The van der Waals surface area contributed by atoms with Crippen molar-refractivity contribution in [1.29, 1.82) is 0 Å². The summed E-state index contributed by atoms with van der Waals surface area (Å²) in [6.07, 6.45) is 0.610. The molecule has 0 saturated carbocycles. The van der Waals surface area contributed by atoms with Gasteiger partial charge in [-0.05, 0) is 43.9 Å². The number of nitrogens with two attached hydrogens (primary N) is 1. The molecule has 0 spiro atoms. The van der Waals surface area contributed by atoms with Gasteiger partial charge < -0.3 is 10.5 Å². The number of rotatable bonds is 7. The van der Waals surface area contributed by atoms with Crippen molar-refractivity contribution in [1.82, 2.24) is 4.72 Å². The van der Waals surface area contributed by atoms with Crippen LogP contribution in [0.15, 0.2) is 23.1 Å². The second-order valence-electron chi connectivity index (χ2n) is 6.44. The molecule has 0 heterocycles. The van der Waals surface area contributed by atoms with Gasteiger partial charge >= 0.3 is 5.97 Å². The van der Waals surface area contributed by atoms with Crippen LogP contribution in [-0.4, -0.2) is 33.6 Å². The van der Waals surface area contributed by atoms with Gasteiger partial charge in [0.05, 0.1) is 17.6 Å². The summed E-state index contributed by atoms with van der Waals surface area (Å²) in [6.45, 7) is 7.65. The van der Waals surface area contributed by atoms with Crippen molar-refractivity contribution in [3.8, 4) is 0 Å². The molecule has 0 bridgehead atoms. The summed E-state index contributed by atoms with van der Waals surface area (Å²) >= 11 is 0. The molecule has 1 rings (SSSR count). The number of methoxy groups -OCH3 is 1. The molecule has 138 valence electrons. The quantitative estimate of drug-likeness (QED) is 0.709. The highest BCUT2D eigenvalue weighted by Gasteiger charge is 2.31. The third-order valence-electron chi connectivity index (χ3n) is 3.59. The van der Waals surface area contributed by atoms with Crippen LogP contribution in [0.2, 0.25) is 0 Å². The van der Waals surface area contributed by atoms with E-state index in [-0.39, 0.29) is 35.3 Å². The third-order valence-corrected chi connectivity index (χ3v) is 5.37. The van der Waals surface area contributed by atoms with Crippen LogP contribution in [-0.2, 0) is 14.8 Å². The van der Waals surface area contributed by atoms with Crippen LogP contribution >= 0.6 is 12.4 Å². The zero-order valence-corrected chi connectivity index (χ0v) is 16.4. The van der Waals surface area contributed by atoms with Crippen LogP contribution in [0.25, 0.3) is 0 Å². The zero-order chi connectivity index (χ0) is 17.8. The Kier molecular flexibility index (Phi) is 8.38. The lowest BCUT2D eigenvalue weighted by molar-refractivity contribution is 0.0600. The molecule has 0 radical (unpaired) electrons. The van der Waals surface area contributed by atoms with Crippen molar-refractivity contribution in [2.24, 2.45) is 11.7 Å². The van der Waals surface area contributed by atoms with Gasteiger partial charge in [0, 0.05) is 12.1 Å². The molecule has 3 N–H and O–H groups in total. The summed E-state index contributed by atoms with van der Waals surface area (Å²) in [5, 5.41) is 0. The number of esters is 1. The summed E-state index contributed by atoms with van der Waals surface area (Å²) in [7, 11) is -2.56. The van der Waals surface area contributed by atoms with E-state index in [2.05, 4.69) is 9.46 Å². The fourth-order valence-electron chi connectivity index (χ4n) is 2.58. The van der Waals surface area contributed by atoms with Gasteiger partial charge in [-0.1, -0.05) is 19.9 Å². The van der Waals surface area contributed by atoms with Gasteiger partial charge in [-0.2, -0.15) is 0 Å². The zero-order valence-electron chi connectivity index (χ0n) is 14.8. The molecule has 1 aromatic carbocycles. The number of halogens is 1. The van der Waals surface area contributed by atoms with Gasteiger partial charge in [-0.15, -0.1) is 12.4 Å². The topological polar surface area (TPSA) is 98.5 Å². The van der Waals surface area contributed by atoms with E-state index in [1.807, 2.05) is 13.8 Å². The molecule has 0 fully saturated rings. The number of hydrogen-bond donors (Lipinski definition) is 2. The van der Waals surface area contributed by atoms with Crippen LogP contribution in [0.1, 0.15) is 43.1 Å². The van der Waals surface area contributed by atoms with Gasteiger partial charge in [-0.25, -0.2) is 17.9 Å². The predicted molar refractivity (Wildman–Crippen MR) is 97.0 cm³/mol. The standard InChI is InChI=1S/C16H26N2O4S.ClH/c1-11(2)9-16(4,10-17)18-23(20,21)14-8-13(15(19)22-5)7-6-12(14)3;/h6-8,11,18H,9-10,17H2,1-5H3;1H. The molecule has 1 unspecified atom stereocenters. The average Bonchev–Trinajstić information content (AvgIpc) is 2.45. The number of aryl methyl sites for hydroxylation is 1. The number of benzene rings is 1. The first-order chi connectivity index (χ1) is 10.5. The summed E-state index contributed by atoms with van der Waals surface area (Å²) in [4.78, 5) is 11.7. The lowest BCUT2D eigenvalue weighted by Crippen LogP contribution is -2.52. The number of nitrogens with one attached hydrogen (secondary N) is 1. The Morgan fingerprint density at radius 3 is 2.42 bits per heavy atom. The van der Waals surface area contributed by atoms with Crippen molar-refractivity contribution in [3.05, 3.63) is 29.3 Å². The number of sulfonamides is 1. The first-order valence-corrected chi connectivity index (χ1v) is 8.96. The average molecular weight is 379 g/mol. The van der Waals surface area contributed by atoms with E-state index in [0.717, 1.165) is 0 Å². The fraction of sp³-hybridized carbons (Fsp3) is 0.562. The highest BCUT2D eigenvalue weighted by atomic mass is 35.5. The van der Waals surface area contributed by atoms with Gasteiger partial charge in [0.2, 0.25) is 10.0 Å². The lowest BCUT2D eigenvalue weighted by Gasteiger charge is -2.31. The van der Waals surface area contributed by atoms with Crippen molar-refractivity contribution >= 4 is 28.4 Å². The summed E-state index contributed by atoms with van der Waals surface area (Å²) < 4.78 is 32.8. The van der Waals surface area contributed by atoms with Crippen molar-refractivity contribution in [3.63, 3.8) is 0 Å². The summed E-state index contributed by atoms with van der Waals surface area (Å²) in [5.41, 5.74) is 5.77. The fourth-order valence-corrected chi connectivity index (χ4v) is 4.28. The minimum absolute atomic E-state index is 0. The lowest BCUT2D eigenvalue weighted by atomic mass is 9.92. The molecule has 0 aliphatic carbocycles. The number of hydrogen-bond acceptors (Lipinski definition) is 5. The van der Waals surface area contributed by atoms with Crippen LogP contribution < -0.4 is 10.5 Å². The molecule has 8 heteroatoms. The van der Waals surface area contributed by atoms with Crippen LogP contribution in [0, 0.1) is 12.8 Å². The number of carbonyl (C=O) groups excluding carboxylic acids is 1. The molecule has 0 aromatic heterocycles. The number of carbonyl (C=O) groups is 1. The van der Waals surface area contributed by atoms with E-state index >= 15 is 0 Å². The third kappa shape index (κ3) is 5.73. The largest absolute Gasteiger partial charge is 0.465 e. The Hall–Kier alpha value is -1.15. The Balaban J connectivity index is 0.00000529. The van der Waals surface area contributed by atoms with E-state index < -0.39 is 21.5 Å². The van der Waals surface area contributed by atoms with Crippen molar-refractivity contribution in [2.45, 2.75) is 44.6 Å². The SMILES string of the molecule is COC(=O)c1ccc(C)c(S(=O)(=O)NC(C)(CN)CC(C)C)c1.Cl. The normalized spacial score (nSPS) is 14.0. The van der Waals surface area contributed by atoms with E-state index in [9.17, 15) is 13.2 Å². The first-order valence-electron chi connectivity index (χ1n) is 7.47. The second-order valence-corrected chi connectivity index (χ2v) is 8.09. The Labute approximate surface area is 150 Å². The van der Waals surface area contributed by atoms with E-state index in [0.29, 0.717) is 12.0 Å². The van der Waals surface area contributed by atoms with Gasteiger partial charge in [0.25, 0.3) is 0 Å². The molecular weight excluding hydrogens is 352 g/mol. The summed E-state index contributed by atoms with van der Waals surface area (Å²) in [6, 6.07) is 4.45. The summed E-state index contributed by atoms with van der Waals surface area (Å²) in [5.74, 6) is -0.293. The molecule has 24 heavy (non-hydrogen) atoms. The molecule has 0 aliphatic rings. The maximum Gasteiger partial charge on any atom is 0.337 e. The van der Waals surface area contributed by atoms with Crippen molar-refractivity contribution in [2.75, 3.05) is 13.7 Å². The van der Waals surface area contributed by atoms with Crippen molar-refractivity contribution < 1.29 is 17.9 Å². The maximum absolute atomic E-state index is 12.8. The molecule has 1 aromatic rings. The minimum Gasteiger partial charge on any atom is -0.465 e. The van der Waals surface area contributed by atoms with E-state index in [4.69, 9.17) is 5.73 Å². The smallest absolute Gasteiger partial charge is 0.337 e. The maximum atomic E-state index is 12.8. The van der Waals surface area contributed by atoms with Crippen LogP contribution in [0.5, 0.6) is 0 Å². The van der Waals surface area contributed by atoms with Crippen LogP contribution in [0.3, 0.4) is 0 Å². The highest BCUT2D eigenvalue weighted by molar-refractivity contribution is 7.89. The molecule has 0 saturated heterocycles. The first kappa shape index (κ1) is 22.9. The minimum atomic E-state index is -3.81. The molecule has 6 nitrogen and oxygen atoms in total. The molecule has 1 atom stereocenters. The van der Waals surface area contributed by atoms with Gasteiger partial charge in [0.15, 0.2) is 0 Å². The van der Waals surface area contributed by atoms with E-state index in [1.54, 1.807) is 19.9 Å². The highest BCUT2D eigenvalue weighted by Crippen LogP contribution is 2.22. The second kappa shape index (κ2) is 8.80.